The first-order valence-electron chi connectivity index (χ1n) is 9.20. The van der Waals surface area contributed by atoms with Crippen LogP contribution in [-0.4, -0.2) is 36.6 Å². The highest BCUT2D eigenvalue weighted by atomic mass is 35.5. The number of nitrogens with zero attached hydrogens (tertiary/aromatic N) is 1. The molecule has 2 N–H and O–H groups in total. The Bertz CT molecular complexity index is 815. The second-order valence-electron chi connectivity index (χ2n) is 6.69. The van der Waals surface area contributed by atoms with E-state index in [1.807, 2.05) is 12.1 Å². The van der Waals surface area contributed by atoms with Crippen molar-refractivity contribution < 1.29 is 14.7 Å². The molecule has 0 aliphatic carbocycles. The average molecular weight is 387 g/mol. The molecule has 5 nitrogen and oxygen atoms in total. The smallest absolute Gasteiger partial charge is 0.335 e. The Hall–Kier alpha value is -2.53. The lowest BCUT2D eigenvalue weighted by molar-refractivity contribution is 0.0696. The second-order valence-corrected chi connectivity index (χ2v) is 7.10. The zero-order valence-electron chi connectivity index (χ0n) is 15.1. The molecule has 2 aromatic rings. The standard InChI is InChI=1S/C21H23ClN2O3/c22-18-6-4-5-17(19(18)24-13-2-1-3-14-24)20(25)23-12-11-15-7-9-16(10-8-15)21(26)27/h4-10H,1-3,11-14H2,(H,23,25)(H,26,27). The van der Waals surface area contributed by atoms with Gasteiger partial charge in [0.05, 0.1) is 21.8 Å². The number of amides is 1. The van der Waals surface area contributed by atoms with Crippen LogP contribution in [0.15, 0.2) is 42.5 Å². The SMILES string of the molecule is O=C(O)c1ccc(CCNC(=O)c2cccc(Cl)c2N2CCCCC2)cc1. The van der Waals surface area contributed by atoms with E-state index < -0.39 is 5.97 Å². The van der Waals surface area contributed by atoms with Crippen molar-refractivity contribution in [2.24, 2.45) is 0 Å². The number of benzene rings is 2. The summed E-state index contributed by atoms with van der Waals surface area (Å²) in [6, 6.07) is 12.1. The Balaban J connectivity index is 1.64. The maximum atomic E-state index is 12.7. The fourth-order valence-corrected chi connectivity index (χ4v) is 3.66. The van der Waals surface area contributed by atoms with Gasteiger partial charge >= 0.3 is 5.97 Å². The number of halogens is 1. The fraction of sp³-hybridized carbons (Fsp3) is 0.333. The van der Waals surface area contributed by atoms with Crippen molar-refractivity contribution in [3.63, 3.8) is 0 Å². The molecule has 6 heteroatoms. The second kappa shape index (κ2) is 8.91. The molecule has 142 valence electrons. The molecule has 3 rings (SSSR count). The number of hydrogen-bond acceptors (Lipinski definition) is 3. The van der Waals surface area contributed by atoms with E-state index in [-0.39, 0.29) is 11.5 Å². The molecule has 0 spiro atoms. The third-order valence-electron chi connectivity index (χ3n) is 4.80. The number of nitrogens with one attached hydrogen (secondary N) is 1. The van der Waals surface area contributed by atoms with Gasteiger partial charge in [-0.3, -0.25) is 4.79 Å². The summed E-state index contributed by atoms with van der Waals surface area (Å²) in [6.07, 6.45) is 4.06. The number of carbonyl (C=O) groups excluding carboxylic acids is 1. The van der Waals surface area contributed by atoms with Crippen molar-refractivity contribution in [3.8, 4) is 0 Å². The first-order valence-corrected chi connectivity index (χ1v) is 9.58. The molecule has 1 amide bonds. The van der Waals surface area contributed by atoms with E-state index in [4.69, 9.17) is 16.7 Å². The van der Waals surface area contributed by atoms with Crippen molar-refractivity contribution in [1.82, 2.24) is 5.32 Å². The molecule has 1 heterocycles. The van der Waals surface area contributed by atoms with Crippen molar-refractivity contribution in [3.05, 3.63) is 64.2 Å². The summed E-state index contributed by atoms with van der Waals surface area (Å²) in [5.41, 5.74) is 2.66. The highest BCUT2D eigenvalue weighted by Crippen LogP contribution is 2.32. The summed E-state index contributed by atoms with van der Waals surface area (Å²) in [7, 11) is 0. The number of anilines is 1. The normalized spacial score (nSPS) is 14.0. The molecule has 0 saturated carbocycles. The van der Waals surface area contributed by atoms with Gasteiger partial charge in [-0.05, 0) is 55.5 Å². The highest BCUT2D eigenvalue weighted by Gasteiger charge is 2.21. The largest absolute Gasteiger partial charge is 0.478 e. The Kier molecular flexibility index (Phi) is 6.35. The summed E-state index contributed by atoms with van der Waals surface area (Å²) >= 11 is 6.41. The van der Waals surface area contributed by atoms with E-state index in [9.17, 15) is 9.59 Å². The van der Waals surface area contributed by atoms with Crippen LogP contribution in [0.2, 0.25) is 5.02 Å². The van der Waals surface area contributed by atoms with E-state index in [1.165, 1.54) is 6.42 Å². The van der Waals surface area contributed by atoms with E-state index >= 15 is 0 Å². The first-order chi connectivity index (χ1) is 13.1. The lowest BCUT2D eigenvalue weighted by Gasteiger charge is -2.31. The number of carboxylic acid groups (broad SMARTS) is 1. The van der Waals surface area contributed by atoms with Gasteiger partial charge < -0.3 is 15.3 Å². The Morgan fingerprint density at radius 1 is 1.04 bits per heavy atom. The number of aromatic carboxylic acids is 1. The zero-order valence-corrected chi connectivity index (χ0v) is 15.8. The Morgan fingerprint density at radius 3 is 2.41 bits per heavy atom. The summed E-state index contributed by atoms with van der Waals surface area (Å²) in [4.78, 5) is 25.8. The van der Waals surface area contributed by atoms with E-state index in [0.29, 0.717) is 23.6 Å². The number of hydrogen-bond donors (Lipinski definition) is 2. The molecule has 2 aromatic carbocycles. The summed E-state index contributed by atoms with van der Waals surface area (Å²) < 4.78 is 0. The van der Waals surface area contributed by atoms with Crippen LogP contribution in [0.3, 0.4) is 0 Å². The maximum absolute atomic E-state index is 12.7. The minimum absolute atomic E-state index is 0.139. The van der Waals surface area contributed by atoms with E-state index in [1.54, 1.807) is 30.3 Å². The number of carboxylic acids is 1. The third-order valence-corrected chi connectivity index (χ3v) is 5.11. The summed E-state index contributed by atoms with van der Waals surface area (Å²) in [6.45, 7) is 2.30. The maximum Gasteiger partial charge on any atom is 0.335 e. The van der Waals surface area contributed by atoms with Crippen molar-refractivity contribution in [2.75, 3.05) is 24.5 Å². The van der Waals surface area contributed by atoms with Crippen LogP contribution in [-0.2, 0) is 6.42 Å². The van der Waals surface area contributed by atoms with Crippen molar-refractivity contribution in [2.45, 2.75) is 25.7 Å². The van der Waals surface area contributed by atoms with Crippen LogP contribution in [0, 0.1) is 0 Å². The molecule has 27 heavy (non-hydrogen) atoms. The average Bonchev–Trinajstić information content (AvgIpc) is 2.68. The predicted octanol–water partition coefficient (Wildman–Crippen LogP) is 4.00. The summed E-state index contributed by atoms with van der Waals surface area (Å²) in [5, 5.41) is 12.5. The van der Waals surface area contributed by atoms with Gasteiger partial charge in [0.2, 0.25) is 0 Å². The van der Waals surface area contributed by atoms with Crippen LogP contribution in [0.4, 0.5) is 5.69 Å². The molecule has 0 radical (unpaired) electrons. The van der Waals surface area contributed by atoms with Gasteiger partial charge in [0.15, 0.2) is 0 Å². The topological polar surface area (TPSA) is 69.6 Å². The van der Waals surface area contributed by atoms with Crippen LogP contribution in [0.25, 0.3) is 0 Å². The van der Waals surface area contributed by atoms with Gasteiger partial charge in [-0.15, -0.1) is 0 Å². The highest BCUT2D eigenvalue weighted by molar-refractivity contribution is 6.34. The monoisotopic (exact) mass is 386 g/mol. The molecule has 0 unspecified atom stereocenters. The lowest BCUT2D eigenvalue weighted by Crippen LogP contribution is -2.33. The Labute approximate surface area is 163 Å². The molecule has 1 aliphatic heterocycles. The number of rotatable bonds is 6. The van der Waals surface area contributed by atoms with Gasteiger partial charge in [-0.1, -0.05) is 29.8 Å². The molecular formula is C21H23ClN2O3. The molecule has 1 fully saturated rings. The molecular weight excluding hydrogens is 364 g/mol. The van der Waals surface area contributed by atoms with Gasteiger partial charge in [0.25, 0.3) is 5.91 Å². The minimum Gasteiger partial charge on any atom is -0.478 e. The van der Waals surface area contributed by atoms with E-state index in [2.05, 4.69) is 10.2 Å². The van der Waals surface area contributed by atoms with Crippen LogP contribution >= 0.6 is 11.6 Å². The Morgan fingerprint density at radius 2 is 1.74 bits per heavy atom. The number of para-hydroxylation sites is 1. The molecule has 1 saturated heterocycles. The quantitative estimate of drug-likeness (QED) is 0.787. The van der Waals surface area contributed by atoms with Crippen LogP contribution < -0.4 is 10.2 Å². The van der Waals surface area contributed by atoms with Gasteiger partial charge in [-0.2, -0.15) is 0 Å². The fourth-order valence-electron chi connectivity index (χ4n) is 3.37. The predicted molar refractivity (Wildman–Crippen MR) is 107 cm³/mol. The lowest BCUT2D eigenvalue weighted by atomic mass is 10.1. The number of carbonyl (C=O) groups is 2. The van der Waals surface area contributed by atoms with Crippen LogP contribution in [0.5, 0.6) is 0 Å². The first kappa shape index (κ1) is 19.2. The van der Waals surface area contributed by atoms with Crippen LogP contribution in [0.1, 0.15) is 45.5 Å². The molecule has 0 bridgehead atoms. The van der Waals surface area contributed by atoms with Gasteiger partial charge in [0.1, 0.15) is 0 Å². The third kappa shape index (κ3) is 4.80. The van der Waals surface area contributed by atoms with Crippen molar-refractivity contribution in [1.29, 1.82) is 0 Å². The molecule has 0 atom stereocenters. The number of piperidine rings is 1. The minimum atomic E-state index is -0.943. The molecule has 0 aromatic heterocycles. The van der Waals surface area contributed by atoms with E-state index in [0.717, 1.165) is 37.2 Å². The van der Waals surface area contributed by atoms with Crippen molar-refractivity contribution >= 4 is 29.2 Å². The van der Waals surface area contributed by atoms with Gasteiger partial charge in [0, 0.05) is 19.6 Å². The molecule has 1 aliphatic rings. The summed E-state index contributed by atoms with van der Waals surface area (Å²) in [5.74, 6) is -1.08. The zero-order chi connectivity index (χ0) is 19.2. The van der Waals surface area contributed by atoms with Gasteiger partial charge in [-0.25, -0.2) is 4.79 Å².